The third-order valence-electron chi connectivity index (χ3n) is 2.51. The van der Waals surface area contributed by atoms with Crippen molar-refractivity contribution in [1.29, 1.82) is 5.26 Å². The van der Waals surface area contributed by atoms with E-state index in [1.807, 2.05) is 23.9 Å². The predicted octanol–water partition coefficient (Wildman–Crippen LogP) is 1.68. The van der Waals surface area contributed by atoms with Gasteiger partial charge in [0.2, 0.25) is 0 Å². The number of hydrogen-bond acceptors (Lipinski definition) is 5. The summed E-state index contributed by atoms with van der Waals surface area (Å²) in [5.74, 6) is 1.97. The molecule has 0 amide bonds. The van der Waals surface area contributed by atoms with E-state index in [0.717, 1.165) is 24.7 Å². The zero-order chi connectivity index (χ0) is 11.6. The van der Waals surface area contributed by atoms with Crippen molar-refractivity contribution in [1.82, 2.24) is 10.2 Å². The molecule has 4 nitrogen and oxygen atoms in total. The van der Waals surface area contributed by atoms with Gasteiger partial charge in [-0.05, 0) is 26.0 Å². The van der Waals surface area contributed by atoms with E-state index in [-0.39, 0.29) is 4.75 Å². The summed E-state index contributed by atoms with van der Waals surface area (Å²) in [6, 6.07) is 5.57. The van der Waals surface area contributed by atoms with Crippen LogP contribution in [0, 0.1) is 11.3 Å². The maximum atomic E-state index is 8.65. The van der Waals surface area contributed by atoms with Gasteiger partial charge in [0.25, 0.3) is 0 Å². The molecule has 0 atom stereocenters. The van der Waals surface area contributed by atoms with E-state index in [4.69, 9.17) is 5.26 Å². The molecule has 84 valence electrons. The van der Waals surface area contributed by atoms with Crippen LogP contribution in [-0.4, -0.2) is 33.8 Å². The first-order chi connectivity index (χ1) is 7.61. The SMILES string of the molecule is CC1(C)CN(c2ccc(C#N)nn2)CCS1. The maximum Gasteiger partial charge on any atom is 0.163 e. The van der Waals surface area contributed by atoms with Crippen molar-refractivity contribution in [2.45, 2.75) is 18.6 Å². The third-order valence-corrected chi connectivity index (χ3v) is 3.81. The topological polar surface area (TPSA) is 52.8 Å². The molecule has 0 radical (unpaired) electrons. The van der Waals surface area contributed by atoms with E-state index in [1.165, 1.54) is 0 Å². The van der Waals surface area contributed by atoms with Crippen LogP contribution in [0.5, 0.6) is 0 Å². The van der Waals surface area contributed by atoms with E-state index < -0.39 is 0 Å². The van der Waals surface area contributed by atoms with Crippen molar-refractivity contribution in [2.75, 3.05) is 23.7 Å². The molecular formula is C11H14N4S. The van der Waals surface area contributed by atoms with Crippen LogP contribution in [-0.2, 0) is 0 Å². The lowest BCUT2D eigenvalue weighted by Crippen LogP contribution is -2.43. The summed E-state index contributed by atoms with van der Waals surface area (Å²) < 4.78 is 0.258. The minimum atomic E-state index is 0.258. The van der Waals surface area contributed by atoms with Crippen LogP contribution in [0.3, 0.4) is 0 Å². The van der Waals surface area contributed by atoms with Crippen LogP contribution in [0.2, 0.25) is 0 Å². The monoisotopic (exact) mass is 234 g/mol. The fourth-order valence-electron chi connectivity index (χ4n) is 1.77. The van der Waals surface area contributed by atoms with Crippen LogP contribution in [0.15, 0.2) is 12.1 Å². The molecule has 1 aromatic rings. The molecule has 0 spiro atoms. The van der Waals surface area contributed by atoms with E-state index >= 15 is 0 Å². The maximum absolute atomic E-state index is 8.65. The summed E-state index contributed by atoms with van der Waals surface area (Å²) >= 11 is 1.98. The number of nitrogens with zero attached hydrogens (tertiary/aromatic N) is 4. The molecule has 0 aromatic carbocycles. The van der Waals surface area contributed by atoms with Crippen molar-refractivity contribution < 1.29 is 0 Å². The summed E-state index contributed by atoms with van der Waals surface area (Å²) in [6.45, 7) is 6.44. The molecule has 0 bridgehead atoms. The van der Waals surface area contributed by atoms with Gasteiger partial charge in [0, 0.05) is 23.6 Å². The summed E-state index contributed by atoms with van der Waals surface area (Å²) in [5, 5.41) is 16.6. The van der Waals surface area contributed by atoms with Crippen LogP contribution in [0.4, 0.5) is 5.82 Å². The van der Waals surface area contributed by atoms with E-state index in [0.29, 0.717) is 5.69 Å². The Balaban J connectivity index is 2.15. The van der Waals surface area contributed by atoms with Gasteiger partial charge in [-0.3, -0.25) is 0 Å². The summed E-state index contributed by atoms with van der Waals surface area (Å²) in [6.07, 6.45) is 0. The normalized spacial score (nSPS) is 19.2. The Bertz CT molecular complexity index is 407. The van der Waals surface area contributed by atoms with E-state index in [1.54, 1.807) is 6.07 Å². The second-order valence-electron chi connectivity index (χ2n) is 4.42. The quantitative estimate of drug-likeness (QED) is 0.740. The standard InChI is InChI=1S/C11H14N4S/c1-11(2)8-15(5-6-16-11)10-4-3-9(7-12)13-14-10/h3-4H,5-6,8H2,1-2H3. The highest BCUT2D eigenvalue weighted by atomic mass is 32.2. The molecule has 0 N–H and O–H groups in total. The molecular weight excluding hydrogens is 220 g/mol. The fourth-order valence-corrected chi connectivity index (χ4v) is 2.88. The zero-order valence-corrected chi connectivity index (χ0v) is 10.3. The number of anilines is 1. The molecule has 2 rings (SSSR count). The lowest BCUT2D eigenvalue weighted by Gasteiger charge is -2.37. The number of thioether (sulfide) groups is 1. The summed E-state index contributed by atoms with van der Waals surface area (Å²) in [5.41, 5.74) is 0.370. The van der Waals surface area contributed by atoms with Crippen LogP contribution in [0.25, 0.3) is 0 Å². The Morgan fingerprint density at radius 2 is 2.25 bits per heavy atom. The molecule has 1 fully saturated rings. The van der Waals surface area contributed by atoms with Crippen molar-refractivity contribution in [3.8, 4) is 6.07 Å². The van der Waals surface area contributed by atoms with Gasteiger partial charge in [0.1, 0.15) is 6.07 Å². The molecule has 1 aliphatic rings. The Morgan fingerprint density at radius 1 is 1.44 bits per heavy atom. The molecule has 0 saturated carbocycles. The van der Waals surface area contributed by atoms with Gasteiger partial charge < -0.3 is 4.90 Å². The molecule has 5 heteroatoms. The van der Waals surface area contributed by atoms with Gasteiger partial charge in [0.05, 0.1) is 0 Å². The molecule has 1 aliphatic heterocycles. The number of nitriles is 1. The van der Waals surface area contributed by atoms with Crippen molar-refractivity contribution in [2.24, 2.45) is 0 Å². The summed E-state index contributed by atoms with van der Waals surface area (Å²) in [7, 11) is 0. The average molecular weight is 234 g/mol. The third kappa shape index (κ3) is 2.45. The molecule has 0 unspecified atom stereocenters. The second-order valence-corrected chi connectivity index (χ2v) is 6.22. The highest BCUT2D eigenvalue weighted by Gasteiger charge is 2.27. The highest BCUT2D eigenvalue weighted by molar-refractivity contribution is 8.00. The van der Waals surface area contributed by atoms with Gasteiger partial charge >= 0.3 is 0 Å². The average Bonchev–Trinajstić information content (AvgIpc) is 2.28. The van der Waals surface area contributed by atoms with Gasteiger partial charge in [-0.1, -0.05) is 0 Å². The lowest BCUT2D eigenvalue weighted by molar-refractivity contribution is 0.639. The number of aromatic nitrogens is 2. The fraction of sp³-hybridized carbons (Fsp3) is 0.545. The Morgan fingerprint density at radius 3 is 2.81 bits per heavy atom. The molecule has 1 saturated heterocycles. The van der Waals surface area contributed by atoms with Crippen LogP contribution >= 0.6 is 11.8 Å². The van der Waals surface area contributed by atoms with Crippen LogP contribution < -0.4 is 4.90 Å². The number of hydrogen-bond donors (Lipinski definition) is 0. The molecule has 2 heterocycles. The Hall–Kier alpha value is -1.28. The van der Waals surface area contributed by atoms with Gasteiger partial charge in [-0.25, -0.2) is 0 Å². The minimum Gasteiger partial charge on any atom is -0.353 e. The van der Waals surface area contributed by atoms with Gasteiger partial charge in [-0.2, -0.15) is 17.0 Å². The summed E-state index contributed by atoms with van der Waals surface area (Å²) in [4.78, 5) is 2.23. The lowest BCUT2D eigenvalue weighted by atomic mass is 10.2. The Kier molecular flexibility index (Phi) is 3.01. The largest absolute Gasteiger partial charge is 0.353 e. The minimum absolute atomic E-state index is 0.258. The molecule has 1 aromatic heterocycles. The van der Waals surface area contributed by atoms with E-state index in [9.17, 15) is 0 Å². The first kappa shape index (κ1) is 11.2. The smallest absolute Gasteiger partial charge is 0.163 e. The second kappa shape index (κ2) is 4.30. The van der Waals surface area contributed by atoms with Crippen molar-refractivity contribution in [3.63, 3.8) is 0 Å². The highest BCUT2D eigenvalue weighted by Crippen LogP contribution is 2.31. The first-order valence-corrected chi connectivity index (χ1v) is 6.22. The van der Waals surface area contributed by atoms with Crippen molar-refractivity contribution >= 4 is 17.6 Å². The molecule has 16 heavy (non-hydrogen) atoms. The van der Waals surface area contributed by atoms with E-state index in [2.05, 4.69) is 28.9 Å². The predicted molar refractivity (Wildman–Crippen MR) is 65.5 cm³/mol. The number of rotatable bonds is 1. The van der Waals surface area contributed by atoms with Gasteiger partial charge in [-0.15, -0.1) is 10.2 Å². The van der Waals surface area contributed by atoms with Gasteiger partial charge in [0.15, 0.2) is 11.5 Å². The molecule has 0 aliphatic carbocycles. The van der Waals surface area contributed by atoms with Crippen LogP contribution in [0.1, 0.15) is 19.5 Å². The van der Waals surface area contributed by atoms with Crippen molar-refractivity contribution in [3.05, 3.63) is 17.8 Å². The Labute approximate surface area is 99.7 Å². The zero-order valence-electron chi connectivity index (χ0n) is 9.47. The first-order valence-electron chi connectivity index (χ1n) is 5.23.